The minimum Gasteiger partial charge on any atom is -0.478 e. The van der Waals surface area contributed by atoms with E-state index in [-0.39, 0.29) is 12.2 Å². The number of thiazole rings is 1. The smallest absolute Gasteiger partial charge is 0.410 e. The summed E-state index contributed by atoms with van der Waals surface area (Å²) in [6.07, 6.45) is 3.05. The summed E-state index contributed by atoms with van der Waals surface area (Å²) in [5, 5.41) is 19.7. The zero-order valence-electron chi connectivity index (χ0n) is 18.7. The van der Waals surface area contributed by atoms with Gasteiger partial charge in [-0.3, -0.25) is 4.79 Å². The third-order valence-corrected chi connectivity index (χ3v) is 6.55. The lowest BCUT2D eigenvalue weighted by Gasteiger charge is -2.40. The predicted molar refractivity (Wildman–Crippen MR) is 119 cm³/mol. The molecule has 2 N–H and O–H groups in total. The summed E-state index contributed by atoms with van der Waals surface area (Å²) in [5.74, 6) is -1.16. The molecular weight excluding hydrogens is 434 g/mol. The lowest BCUT2D eigenvalue weighted by Crippen LogP contribution is -2.51. The second-order valence-electron chi connectivity index (χ2n) is 8.87. The Bertz CT molecular complexity index is 1050. The van der Waals surface area contributed by atoms with Crippen molar-refractivity contribution in [3.05, 3.63) is 49.8 Å². The Morgan fingerprint density at radius 2 is 2.03 bits per heavy atom. The highest BCUT2D eigenvalue weighted by Gasteiger charge is 2.39. The maximum atomic E-state index is 13.0. The van der Waals surface area contributed by atoms with E-state index in [1.807, 2.05) is 0 Å². The van der Waals surface area contributed by atoms with Crippen molar-refractivity contribution in [1.29, 1.82) is 0 Å². The Labute approximate surface area is 190 Å². The number of aryl methyl sites for hydroxylation is 1. The molecule has 2 aromatic rings. The number of likely N-dealkylation sites (tertiary alicyclic amines) is 1. The fraction of sp³-hybridized carbons (Fsp3) is 0.545. The number of carboxylic acid groups (broad SMARTS) is 1. The van der Waals surface area contributed by atoms with Gasteiger partial charge >= 0.3 is 12.1 Å². The highest BCUT2D eigenvalue weighted by atomic mass is 32.1. The first-order valence-corrected chi connectivity index (χ1v) is 11.4. The van der Waals surface area contributed by atoms with E-state index in [0.29, 0.717) is 28.5 Å². The van der Waals surface area contributed by atoms with Crippen molar-refractivity contribution in [1.82, 2.24) is 14.5 Å². The number of piperidine rings is 1. The van der Waals surface area contributed by atoms with Crippen LogP contribution in [0.1, 0.15) is 72.0 Å². The molecule has 9 nitrogen and oxygen atoms in total. The van der Waals surface area contributed by atoms with Crippen molar-refractivity contribution in [3.8, 4) is 0 Å². The van der Waals surface area contributed by atoms with Crippen LogP contribution >= 0.6 is 11.3 Å². The second kappa shape index (κ2) is 9.41. The van der Waals surface area contributed by atoms with Crippen molar-refractivity contribution in [2.45, 2.75) is 71.2 Å². The van der Waals surface area contributed by atoms with Gasteiger partial charge in [0.25, 0.3) is 5.56 Å². The van der Waals surface area contributed by atoms with Gasteiger partial charge in [0.1, 0.15) is 16.7 Å². The van der Waals surface area contributed by atoms with Gasteiger partial charge < -0.3 is 24.4 Å². The van der Waals surface area contributed by atoms with Gasteiger partial charge in [-0.2, -0.15) is 0 Å². The van der Waals surface area contributed by atoms with Gasteiger partial charge in [0, 0.05) is 18.8 Å². The number of carboxylic acids is 1. The number of amides is 1. The van der Waals surface area contributed by atoms with Crippen LogP contribution in [-0.2, 0) is 11.3 Å². The molecule has 1 aliphatic heterocycles. The van der Waals surface area contributed by atoms with Crippen LogP contribution in [0.25, 0.3) is 0 Å². The van der Waals surface area contributed by atoms with Gasteiger partial charge in [0.15, 0.2) is 0 Å². The summed E-state index contributed by atoms with van der Waals surface area (Å²) in [4.78, 5) is 44.4. The van der Waals surface area contributed by atoms with Gasteiger partial charge in [-0.15, -0.1) is 11.3 Å². The first-order chi connectivity index (χ1) is 15.0. The first-order valence-electron chi connectivity index (χ1n) is 10.5. The van der Waals surface area contributed by atoms with Crippen LogP contribution in [0, 0.1) is 6.92 Å². The Balaban J connectivity index is 2.15. The zero-order valence-corrected chi connectivity index (χ0v) is 19.5. The topological polar surface area (TPSA) is 122 Å². The number of nitrogens with zero attached hydrogens (tertiary/aromatic N) is 3. The fourth-order valence-electron chi connectivity index (χ4n) is 3.87. The molecule has 1 fully saturated rings. The highest BCUT2D eigenvalue weighted by Crippen LogP contribution is 2.35. The summed E-state index contributed by atoms with van der Waals surface area (Å²) < 4.78 is 6.96. The quantitative estimate of drug-likeness (QED) is 0.698. The standard InChI is InChI=1S/C22H29N3O6S/c1-13-16(12-26)32-19(23-13)18(25-11-14(20(28)29)8-9-17(25)27)15-7-5-6-10-24(15)21(30)31-22(2,3)4/h8-9,11,15,18,26H,5-7,10,12H2,1-4H3,(H,28,29)/t15-,18-/m0/s1. The highest BCUT2D eigenvalue weighted by molar-refractivity contribution is 7.11. The summed E-state index contributed by atoms with van der Waals surface area (Å²) in [6, 6.07) is 1.30. The molecule has 2 atom stereocenters. The number of ether oxygens (including phenoxy) is 1. The Hall–Kier alpha value is -2.72. The number of hydrogen-bond acceptors (Lipinski definition) is 7. The lowest BCUT2D eigenvalue weighted by atomic mass is 9.95. The number of aliphatic hydroxyl groups is 1. The van der Waals surface area contributed by atoms with E-state index >= 15 is 0 Å². The number of aromatic carboxylic acids is 1. The minimum absolute atomic E-state index is 0.0371. The fourth-order valence-corrected chi connectivity index (χ4v) is 4.96. The monoisotopic (exact) mass is 463 g/mol. The molecule has 2 aromatic heterocycles. The maximum Gasteiger partial charge on any atom is 0.410 e. The van der Waals surface area contributed by atoms with Crippen molar-refractivity contribution in [3.63, 3.8) is 0 Å². The van der Waals surface area contributed by atoms with Crippen molar-refractivity contribution < 1.29 is 24.5 Å². The van der Waals surface area contributed by atoms with Crippen LogP contribution in [0.2, 0.25) is 0 Å². The van der Waals surface area contributed by atoms with E-state index in [1.54, 1.807) is 32.6 Å². The molecule has 0 radical (unpaired) electrons. The van der Waals surface area contributed by atoms with E-state index in [2.05, 4.69) is 4.98 Å². The molecule has 3 heterocycles. The minimum atomic E-state index is -1.16. The summed E-state index contributed by atoms with van der Waals surface area (Å²) in [6.45, 7) is 7.41. The normalized spacial score (nSPS) is 17.8. The van der Waals surface area contributed by atoms with E-state index in [4.69, 9.17) is 4.74 Å². The Morgan fingerprint density at radius 1 is 1.31 bits per heavy atom. The maximum absolute atomic E-state index is 13.0. The molecule has 0 unspecified atom stereocenters. The van der Waals surface area contributed by atoms with Gasteiger partial charge in [0.05, 0.1) is 28.8 Å². The lowest BCUT2D eigenvalue weighted by molar-refractivity contribution is 0.00460. The van der Waals surface area contributed by atoms with Crippen LogP contribution < -0.4 is 5.56 Å². The molecular formula is C22H29N3O6S. The van der Waals surface area contributed by atoms with Gasteiger partial charge in [-0.1, -0.05) is 0 Å². The SMILES string of the molecule is Cc1nc([C@H]([C@@H]2CCCCN2C(=O)OC(C)(C)C)n2cc(C(=O)O)ccc2=O)sc1CO. The summed E-state index contributed by atoms with van der Waals surface area (Å²) in [7, 11) is 0. The van der Waals surface area contributed by atoms with Crippen LogP contribution in [0.5, 0.6) is 0 Å². The van der Waals surface area contributed by atoms with E-state index in [1.165, 1.54) is 34.2 Å². The predicted octanol–water partition coefficient (Wildman–Crippen LogP) is 3.18. The molecule has 0 bridgehead atoms. The number of pyridine rings is 1. The number of aliphatic hydroxyl groups excluding tert-OH is 1. The Kier molecular flexibility index (Phi) is 7.04. The van der Waals surface area contributed by atoms with Crippen molar-refractivity contribution in [2.75, 3.05) is 6.54 Å². The number of aromatic nitrogens is 2. The molecule has 3 rings (SSSR count). The summed E-state index contributed by atoms with van der Waals surface area (Å²) in [5.41, 5.74) is -0.478. The third-order valence-electron chi connectivity index (χ3n) is 5.33. The van der Waals surface area contributed by atoms with Gasteiger partial charge in [0.2, 0.25) is 0 Å². The molecule has 0 aliphatic carbocycles. The molecule has 32 heavy (non-hydrogen) atoms. The van der Waals surface area contributed by atoms with Crippen LogP contribution in [0.15, 0.2) is 23.1 Å². The second-order valence-corrected chi connectivity index (χ2v) is 9.98. The Morgan fingerprint density at radius 3 is 2.62 bits per heavy atom. The largest absolute Gasteiger partial charge is 0.478 e. The zero-order chi connectivity index (χ0) is 23.6. The average molecular weight is 464 g/mol. The molecule has 0 aromatic carbocycles. The van der Waals surface area contributed by atoms with Crippen molar-refractivity contribution >= 4 is 23.4 Å². The first kappa shape index (κ1) is 23.9. The molecule has 1 amide bonds. The molecule has 0 saturated carbocycles. The van der Waals surface area contributed by atoms with Crippen LogP contribution in [0.4, 0.5) is 4.79 Å². The third kappa shape index (κ3) is 5.18. The number of carbonyl (C=O) groups is 2. The molecule has 0 spiro atoms. The average Bonchev–Trinajstić information content (AvgIpc) is 3.08. The molecule has 174 valence electrons. The van der Waals surface area contributed by atoms with Gasteiger partial charge in [-0.05, 0) is 53.0 Å². The number of rotatable bonds is 5. The molecule has 1 aliphatic rings. The molecule has 10 heteroatoms. The van der Waals surface area contributed by atoms with E-state index in [9.17, 15) is 24.6 Å². The molecule has 1 saturated heterocycles. The van der Waals surface area contributed by atoms with E-state index < -0.39 is 35.3 Å². The van der Waals surface area contributed by atoms with Crippen LogP contribution in [-0.4, -0.2) is 54.9 Å². The van der Waals surface area contributed by atoms with Crippen LogP contribution in [0.3, 0.4) is 0 Å². The number of carbonyl (C=O) groups excluding carboxylic acids is 1. The van der Waals surface area contributed by atoms with Gasteiger partial charge in [-0.25, -0.2) is 14.6 Å². The van der Waals surface area contributed by atoms with Crippen molar-refractivity contribution in [2.24, 2.45) is 0 Å². The number of hydrogen-bond donors (Lipinski definition) is 2. The van der Waals surface area contributed by atoms with E-state index in [0.717, 1.165) is 12.8 Å². The summed E-state index contributed by atoms with van der Waals surface area (Å²) >= 11 is 1.26.